The van der Waals surface area contributed by atoms with Crippen LogP contribution in [0.5, 0.6) is 5.75 Å². The highest BCUT2D eigenvalue weighted by Gasteiger charge is 2.14. The summed E-state index contributed by atoms with van der Waals surface area (Å²) >= 11 is 5.61. The molecular weight excluding hydrogens is 248 g/mol. The molecule has 0 spiro atoms. The van der Waals surface area contributed by atoms with Crippen molar-refractivity contribution in [1.29, 1.82) is 5.41 Å². The highest BCUT2D eigenvalue weighted by molar-refractivity contribution is 6.68. The van der Waals surface area contributed by atoms with Crippen molar-refractivity contribution in [2.45, 2.75) is 6.42 Å². The predicted octanol–water partition coefficient (Wildman–Crippen LogP) is 2.95. The van der Waals surface area contributed by atoms with E-state index in [1.54, 1.807) is 12.2 Å². The standard InChI is InChI=1S/C14H15ClN2O/c1-2-7-18-11-3-4-12-10(8-11)5-6-17-13(12)9-14(15)16/h2-4,8-9,16-17H,1,5-7H2/b13-9-,16-14?. The van der Waals surface area contributed by atoms with Gasteiger partial charge in [-0.1, -0.05) is 24.3 Å². The van der Waals surface area contributed by atoms with Gasteiger partial charge in [-0.05, 0) is 36.3 Å². The molecule has 2 rings (SSSR count). The second-order valence-electron chi connectivity index (χ2n) is 4.00. The van der Waals surface area contributed by atoms with E-state index in [1.807, 2.05) is 18.2 Å². The first kappa shape index (κ1) is 12.7. The molecule has 1 aliphatic heterocycles. The second kappa shape index (κ2) is 5.74. The van der Waals surface area contributed by atoms with E-state index in [0.29, 0.717) is 6.61 Å². The summed E-state index contributed by atoms with van der Waals surface area (Å²) in [7, 11) is 0. The maximum absolute atomic E-state index is 7.32. The Morgan fingerprint density at radius 2 is 2.39 bits per heavy atom. The average molecular weight is 263 g/mol. The molecule has 1 aromatic rings. The molecule has 18 heavy (non-hydrogen) atoms. The van der Waals surface area contributed by atoms with E-state index in [9.17, 15) is 0 Å². The fourth-order valence-electron chi connectivity index (χ4n) is 1.97. The van der Waals surface area contributed by atoms with Crippen LogP contribution in [0.1, 0.15) is 11.1 Å². The van der Waals surface area contributed by atoms with Crippen LogP contribution in [-0.2, 0) is 6.42 Å². The molecule has 0 unspecified atom stereocenters. The minimum atomic E-state index is 0.0253. The first-order valence-corrected chi connectivity index (χ1v) is 6.15. The summed E-state index contributed by atoms with van der Waals surface area (Å²) in [5.41, 5.74) is 3.18. The molecule has 0 aliphatic carbocycles. The van der Waals surface area contributed by atoms with Gasteiger partial charge in [-0.3, -0.25) is 5.41 Å². The highest BCUT2D eigenvalue weighted by Crippen LogP contribution is 2.26. The third-order valence-corrected chi connectivity index (χ3v) is 2.82. The van der Waals surface area contributed by atoms with Crippen molar-refractivity contribution in [2.24, 2.45) is 0 Å². The molecule has 0 fully saturated rings. The first-order chi connectivity index (χ1) is 8.70. The number of hydrogen-bond donors (Lipinski definition) is 2. The lowest BCUT2D eigenvalue weighted by molar-refractivity contribution is 0.362. The van der Waals surface area contributed by atoms with Crippen LogP contribution in [0.2, 0.25) is 0 Å². The molecule has 0 bridgehead atoms. The van der Waals surface area contributed by atoms with Crippen LogP contribution < -0.4 is 10.1 Å². The van der Waals surface area contributed by atoms with Crippen LogP contribution >= 0.6 is 11.6 Å². The van der Waals surface area contributed by atoms with Gasteiger partial charge in [0.1, 0.15) is 17.5 Å². The largest absolute Gasteiger partial charge is 0.490 e. The van der Waals surface area contributed by atoms with Gasteiger partial charge in [0.25, 0.3) is 0 Å². The van der Waals surface area contributed by atoms with E-state index in [0.717, 1.165) is 30.0 Å². The van der Waals surface area contributed by atoms with Crippen molar-refractivity contribution in [1.82, 2.24) is 5.32 Å². The summed E-state index contributed by atoms with van der Waals surface area (Å²) in [5, 5.41) is 10.6. The maximum atomic E-state index is 7.32. The molecule has 94 valence electrons. The SMILES string of the molecule is C=CCOc1ccc2c(c1)CCN/C2=C\C(=N)Cl. The zero-order valence-electron chi connectivity index (χ0n) is 10.0. The lowest BCUT2D eigenvalue weighted by Gasteiger charge is -2.21. The zero-order valence-corrected chi connectivity index (χ0v) is 10.8. The smallest absolute Gasteiger partial charge is 0.122 e. The topological polar surface area (TPSA) is 45.1 Å². The lowest BCUT2D eigenvalue weighted by atomic mass is 9.97. The van der Waals surface area contributed by atoms with Crippen LogP contribution in [0, 0.1) is 5.41 Å². The van der Waals surface area contributed by atoms with Crippen LogP contribution in [0.4, 0.5) is 0 Å². The summed E-state index contributed by atoms with van der Waals surface area (Å²) in [6.45, 7) is 4.97. The molecule has 0 amide bonds. The Hall–Kier alpha value is -1.74. The molecule has 3 nitrogen and oxygen atoms in total. The molecule has 1 aromatic carbocycles. The van der Waals surface area contributed by atoms with Gasteiger partial charge in [-0.25, -0.2) is 0 Å². The molecule has 1 aliphatic rings. The van der Waals surface area contributed by atoms with Crippen molar-refractivity contribution in [3.63, 3.8) is 0 Å². The van der Waals surface area contributed by atoms with Gasteiger partial charge >= 0.3 is 0 Å². The van der Waals surface area contributed by atoms with Crippen LogP contribution in [0.3, 0.4) is 0 Å². The number of hydrogen-bond acceptors (Lipinski definition) is 3. The van der Waals surface area contributed by atoms with Gasteiger partial charge in [-0.15, -0.1) is 0 Å². The summed E-state index contributed by atoms with van der Waals surface area (Å²) in [4.78, 5) is 0. The van der Waals surface area contributed by atoms with E-state index < -0.39 is 0 Å². The Balaban J connectivity index is 2.30. The van der Waals surface area contributed by atoms with Crippen molar-refractivity contribution in [3.05, 3.63) is 48.1 Å². The van der Waals surface area contributed by atoms with E-state index in [2.05, 4.69) is 11.9 Å². The van der Waals surface area contributed by atoms with E-state index in [4.69, 9.17) is 21.7 Å². The van der Waals surface area contributed by atoms with Crippen molar-refractivity contribution in [3.8, 4) is 5.75 Å². The Morgan fingerprint density at radius 3 is 3.11 bits per heavy atom. The Kier molecular flexibility index (Phi) is 4.05. The van der Waals surface area contributed by atoms with Gasteiger partial charge < -0.3 is 10.1 Å². The number of fused-ring (bicyclic) bond motifs is 1. The third kappa shape index (κ3) is 2.93. The number of nitrogens with one attached hydrogen (secondary N) is 2. The highest BCUT2D eigenvalue weighted by atomic mass is 35.5. The molecule has 0 radical (unpaired) electrons. The number of benzene rings is 1. The number of allylic oxidation sites excluding steroid dienone is 1. The van der Waals surface area contributed by atoms with Crippen LogP contribution in [-0.4, -0.2) is 18.3 Å². The fourth-order valence-corrected chi connectivity index (χ4v) is 2.08. The van der Waals surface area contributed by atoms with Crippen LogP contribution in [0.25, 0.3) is 5.70 Å². The zero-order chi connectivity index (χ0) is 13.0. The molecule has 1 heterocycles. The van der Waals surface area contributed by atoms with Gasteiger partial charge in [0.2, 0.25) is 0 Å². The molecule has 2 N–H and O–H groups in total. The molecule has 0 saturated heterocycles. The monoisotopic (exact) mass is 262 g/mol. The summed E-state index contributed by atoms with van der Waals surface area (Å²) in [6, 6.07) is 5.94. The summed E-state index contributed by atoms with van der Waals surface area (Å²) < 4.78 is 5.51. The number of ether oxygens (including phenoxy) is 1. The van der Waals surface area contributed by atoms with Gasteiger partial charge in [-0.2, -0.15) is 0 Å². The lowest BCUT2D eigenvalue weighted by Crippen LogP contribution is -2.23. The third-order valence-electron chi connectivity index (χ3n) is 2.72. The Labute approximate surface area is 112 Å². The van der Waals surface area contributed by atoms with Crippen molar-refractivity contribution in [2.75, 3.05) is 13.2 Å². The minimum Gasteiger partial charge on any atom is -0.490 e. The molecule has 0 atom stereocenters. The molecule has 0 saturated carbocycles. The normalized spacial score (nSPS) is 15.7. The first-order valence-electron chi connectivity index (χ1n) is 5.77. The van der Waals surface area contributed by atoms with Crippen molar-refractivity contribution < 1.29 is 4.74 Å². The predicted molar refractivity (Wildman–Crippen MR) is 75.4 cm³/mol. The van der Waals surface area contributed by atoms with Crippen LogP contribution in [0.15, 0.2) is 36.9 Å². The minimum absolute atomic E-state index is 0.0253. The Morgan fingerprint density at radius 1 is 1.56 bits per heavy atom. The van der Waals surface area contributed by atoms with E-state index in [1.165, 1.54) is 5.56 Å². The summed E-state index contributed by atoms with van der Waals surface area (Å²) in [6.07, 6.45) is 4.29. The van der Waals surface area contributed by atoms with Gasteiger partial charge in [0, 0.05) is 17.8 Å². The van der Waals surface area contributed by atoms with E-state index >= 15 is 0 Å². The number of rotatable bonds is 4. The average Bonchev–Trinajstić information content (AvgIpc) is 2.35. The van der Waals surface area contributed by atoms with Crippen molar-refractivity contribution >= 4 is 22.5 Å². The van der Waals surface area contributed by atoms with Gasteiger partial charge in [0.15, 0.2) is 0 Å². The second-order valence-corrected chi connectivity index (χ2v) is 4.41. The van der Waals surface area contributed by atoms with E-state index in [-0.39, 0.29) is 5.17 Å². The molecule has 0 aromatic heterocycles. The quantitative estimate of drug-likeness (QED) is 0.647. The number of halogens is 1. The summed E-state index contributed by atoms with van der Waals surface area (Å²) in [5.74, 6) is 0.843. The fraction of sp³-hybridized carbons (Fsp3) is 0.214. The maximum Gasteiger partial charge on any atom is 0.122 e. The molecule has 4 heteroatoms. The van der Waals surface area contributed by atoms with Gasteiger partial charge in [0.05, 0.1) is 0 Å². The molecular formula is C14H15ClN2O. The Bertz CT molecular complexity index is 509.